The summed E-state index contributed by atoms with van der Waals surface area (Å²) in [5.41, 5.74) is 1.24. The third-order valence-electron chi connectivity index (χ3n) is 5.73. The number of amides is 2. The van der Waals surface area contributed by atoms with E-state index in [1.54, 1.807) is 18.2 Å². The molecule has 0 atom stereocenters. The molecular weight excluding hydrogens is 421 g/mol. The third kappa shape index (κ3) is 4.54. The molecule has 0 bridgehead atoms. The molecule has 3 aromatic rings. The Bertz CT molecular complexity index is 1150. The average molecular weight is 442 g/mol. The highest BCUT2D eigenvalue weighted by Crippen LogP contribution is 2.33. The zero-order valence-electron chi connectivity index (χ0n) is 17.0. The fraction of sp³-hybridized carbons (Fsp3) is 0.250. The van der Waals surface area contributed by atoms with Crippen molar-refractivity contribution in [2.45, 2.75) is 12.6 Å². The predicted molar refractivity (Wildman–Crippen MR) is 114 cm³/mol. The van der Waals surface area contributed by atoms with Crippen molar-refractivity contribution in [1.82, 2.24) is 10.2 Å². The summed E-state index contributed by atoms with van der Waals surface area (Å²) in [6.07, 6.45) is -4.59. The number of hydrogen-bond acceptors (Lipinski definition) is 2. The molecule has 0 aromatic heterocycles. The number of nitrogens with zero attached hydrogens (tertiary/aromatic N) is 1. The van der Waals surface area contributed by atoms with Crippen molar-refractivity contribution in [2.24, 2.45) is 5.92 Å². The Morgan fingerprint density at radius 1 is 1.03 bits per heavy atom. The van der Waals surface area contributed by atoms with Gasteiger partial charge in [-0.1, -0.05) is 36.4 Å². The van der Waals surface area contributed by atoms with E-state index in [4.69, 9.17) is 5.11 Å². The molecular formula is C24H21F3N2O3. The van der Waals surface area contributed by atoms with Crippen LogP contribution in [0.15, 0.2) is 60.7 Å². The predicted octanol–water partition coefficient (Wildman–Crippen LogP) is 5.26. The number of benzene rings is 3. The number of alkyl halides is 3. The van der Waals surface area contributed by atoms with Gasteiger partial charge in [0.25, 0.3) is 5.91 Å². The summed E-state index contributed by atoms with van der Waals surface area (Å²) >= 11 is 0. The van der Waals surface area contributed by atoms with Gasteiger partial charge in [0.1, 0.15) is 0 Å². The molecule has 1 aliphatic rings. The number of carboxylic acid groups (broad SMARTS) is 1. The number of nitrogens with one attached hydrogen (secondary N) is 1. The molecule has 3 aromatic carbocycles. The first-order chi connectivity index (χ1) is 15.2. The molecule has 1 saturated heterocycles. The second kappa shape index (κ2) is 8.53. The van der Waals surface area contributed by atoms with Gasteiger partial charge in [0.15, 0.2) is 0 Å². The highest BCUT2D eigenvalue weighted by Gasteiger charge is 2.30. The molecule has 1 aliphatic heterocycles. The van der Waals surface area contributed by atoms with Gasteiger partial charge in [-0.2, -0.15) is 13.2 Å². The van der Waals surface area contributed by atoms with Crippen molar-refractivity contribution in [3.63, 3.8) is 0 Å². The minimum atomic E-state index is -4.38. The van der Waals surface area contributed by atoms with E-state index in [9.17, 15) is 22.8 Å². The fourth-order valence-corrected chi connectivity index (χ4v) is 3.92. The summed E-state index contributed by atoms with van der Waals surface area (Å²) in [6.45, 7) is 1.45. The Morgan fingerprint density at radius 3 is 2.41 bits per heavy atom. The van der Waals surface area contributed by atoms with E-state index in [2.05, 4.69) is 5.32 Å². The van der Waals surface area contributed by atoms with Crippen molar-refractivity contribution in [3.05, 3.63) is 71.8 Å². The second-order valence-electron chi connectivity index (χ2n) is 7.91. The van der Waals surface area contributed by atoms with Gasteiger partial charge in [-0.05, 0) is 58.5 Å². The summed E-state index contributed by atoms with van der Waals surface area (Å²) in [4.78, 5) is 24.6. The molecule has 1 heterocycles. The molecule has 0 unspecified atom stereocenters. The summed E-state index contributed by atoms with van der Waals surface area (Å²) in [7, 11) is 0. The first-order valence-electron chi connectivity index (χ1n) is 10.2. The maximum absolute atomic E-state index is 12.8. The van der Waals surface area contributed by atoms with E-state index in [1.807, 2.05) is 18.2 Å². The number of likely N-dealkylation sites (tertiary alicyclic amines) is 1. The SMILES string of the molecule is O=C(NCCC1CN(C(=O)O)C1)c1ccc2c(-c3ccc(C(F)(F)F)cc3)cccc2c1. The van der Waals surface area contributed by atoms with E-state index in [1.165, 1.54) is 17.0 Å². The highest BCUT2D eigenvalue weighted by atomic mass is 19.4. The lowest BCUT2D eigenvalue weighted by Gasteiger charge is -2.37. The Morgan fingerprint density at radius 2 is 1.75 bits per heavy atom. The van der Waals surface area contributed by atoms with Gasteiger partial charge in [-0.25, -0.2) is 4.79 Å². The number of carbonyl (C=O) groups is 2. The summed E-state index contributed by atoms with van der Waals surface area (Å²) in [6, 6.07) is 15.8. The largest absolute Gasteiger partial charge is 0.465 e. The standard InChI is InChI=1S/C24H21F3N2O3/c25-24(26,27)19-7-4-16(5-8-19)20-3-1-2-17-12-18(6-9-21(17)20)22(30)28-11-10-15-13-29(14-15)23(31)32/h1-9,12,15H,10-11,13-14H2,(H,28,30)(H,31,32). The van der Waals surface area contributed by atoms with Crippen LogP contribution in [0.1, 0.15) is 22.3 Å². The van der Waals surface area contributed by atoms with E-state index in [0.29, 0.717) is 37.2 Å². The van der Waals surface area contributed by atoms with Crippen LogP contribution >= 0.6 is 0 Å². The van der Waals surface area contributed by atoms with Crippen LogP contribution in [0.25, 0.3) is 21.9 Å². The van der Waals surface area contributed by atoms with E-state index >= 15 is 0 Å². The van der Waals surface area contributed by atoms with Crippen LogP contribution in [-0.4, -0.2) is 41.6 Å². The second-order valence-corrected chi connectivity index (χ2v) is 7.91. The van der Waals surface area contributed by atoms with Gasteiger partial charge >= 0.3 is 12.3 Å². The molecule has 5 nitrogen and oxygen atoms in total. The molecule has 0 aliphatic carbocycles. The van der Waals surface area contributed by atoms with Crippen molar-refractivity contribution in [1.29, 1.82) is 0 Å². The van der Waals surface area contributed by atoms with Crippen molar-refractivity contribution in [3.8, 4) is 11.1 Å². The number of hydrogen-bond donors (Lipinski definition) is 2. The smallest absolute Gasteiger partial charge is 0.416 e. The maximum atomic E-state index is 12.8. The minimum Gasteiger partial charge on any atom is -0.465 e. The van der Waals surface area contributed by atoms with Crippen molar-refractivity contribution >= 4 is 22.8 Å². The lowest BCUT2D eigenvalue weighted by Crippen LogP contribution is -2.50. The van der Waals surface area contributed by atoms with Gasteiger partial charge in [0, 0.05) is 25.2 Å². The van der Waals surface area contributed by atoms with Crippen molar-refractivity contribution < 1.29 is 27.9 Å². The zero-order valence-corrected chi connectivity index (χ0v) is 17.0. The summed E-state index contributed by atoms with van der Waals surface area (Å²) in [5.74, 6) is 0.0375. The van der Waals surface area contributed by atoms with Crippen LogP contribution in [0.3, 0.4) is 0 Å². The molecule has 8 heteroatoms. The normalized spacial score (nSPS) is 14.3. The Hall–Kier alpha value is -3.55. The Kier molecular flexibility index (Phi) is 5.78. The zero-order chi connectivity index (χ0) is 22.9. The van der Waals surface area contributed by atoms with E-state index < -0.39 is 17.8 Å². The molecule has 0 saturated carbocycles. The van der Waals surface area contributed by atoms with Crippen LogP contribution in [0.4, 0.5) is 18.0 Å². The van der Waals surface area contributed by atoms with Crippen molar-refractivity contribution in [2.75, 3.05) is 19.6 Å². The van der Waals surface area contributed by atoms with Gasteiger partial charge in [-0.3, -0.25) is 4.79 Å². The van der Waals surface area contributed by atoms with Crippen LogP contribution < -0.4 is 5.32 Å². The monoisotopic (exact) mass is 442 g/mol. The Labute approximate surface area is 182 Å². The molecule has 4 rings (SSSR count). The van der Waals surface area contributed by atoms with Crippen LogP contribution in [-0.2, 0) is 6.18 Å². The maximum Gasteiger partial charge on any atom is 0.416 e. The Balaban J connectivity index is 1.44. The molecule has 0 spiro atoms. The highest BCUT2D eigenvalue weighted by molar-refractivity contribution is 6.02. The van der Waals surface area contributed by atoms with Gasteiger partial charge in [-0.15, -0.1) is 0 Å². The molecule has 2 N–H and O–H groups in total. The van der Waals surface area contributed by atoms with Gasteiger partial charge < -0.3 is 15.3 Å². The average Bonchev–Trinajstić information content (AvgIpc) is 2.73. The van der Waals surface area contributed by atoms with Gasteiger partial charge in [0.2, 0.25) is 0 Å². The fourth-order valence-electron chi connectivity index (χ4n) is 3.92. The first kappa shape index (κ1) is 21.7. The first-order valence-corrected chi connectivity index (χ1v) is 10.2. The summed E-state index contributed by atoms with van der Waals surface area (Å²) in [5, 5.41) is 13.4. The molecule has 32 heavy (non-hydrogen) atoms. The van der Waals surface area contributed by atoms with E-state index in [0.717, 1.165) is 28.5 Å². The molecule has 1 fully saturated rings. The van der Waals surface area contributed by atoms with Crippen LogP contribution in [0, 0.1) is 5.92 Å². The minimum absolute atomic E-state index is 0.221. The molecule has 2 amide bonds. The third-order valence-corrected chi connectivity index (χ3v) is 5.73. The summed E-state index contributed by atoms with van der Waals surface area (Å²) < 4.78 is 38.5. The quantitative estimate of drug-likeness (QED) is 0.567. The number of carbonyl (C=O) groups excluding carboxylic acids is 1. The van der Waals surface area contributed by atoms with Crippen LogP contribution in [0.5, 0.6) is 0 Å². The number of rotatable bonds is 5. The van der Waals surface area contributed by atoms with Crippen LogP contribution in [0.2, 0.25) is 0 Å². The van der Waals surface area contributed by atoms with Gasteiger partial charge in [0.05, 0.1) is 5.56 Å². The molecule has 0 radical (unpaired) electrons. The molecule has 166 valence electrons. The van der Waals surface area contributed by atoms with E-state index in [-0.39, 0.29) is 11.8 Å². The lowest BCUT2D eigenvalue weighted by atomic mass is 9.96. The topological polar surface area (TPSA) is 69.6 Å². The lowest BCUT2D eigenvalue weighted by molar-refractivity contribution is -0.137. The number of fused-ring (bicyclic) bond motifs is 1. The number of halogens is 3.